The van der Waals surface area contributed by atoms with E-state index in [1.165, 1.54) is 17.0 Å². The predicted octanol–water partition coefficient (Wildman–Crippen LogP) is 6.16. The second-order valence-corrected chi connectivity index (χ2v) is 11.4. The van der Waals surface area contributed by atoms with Crippen LogP contribution in [0, 0.1) is 5.82 Å². The number of pyridine rings is 1. The molecule has 1 amide bonds. The van der Waals surface area contributed by atoms with Crippen molar-refractivity contribution in [3.8, 4) is 28.0 Å². The Morgan fingerprint density at radius 3 is 2.30 bits per heavy atom. The Kier molecular flexibility index (Phi) is 9.60. The third-order valence-corrected chi connectivity index (χ3v) is 7.98. The first-order chi connectivity index (χ1) is 19.1. The van der Waals surface area contributed by atoms with Gasteiger partial charge in [0.25, 0.3) is 0 Å². The number of halogens is 2. The van der Waals surface area contributed by atoms with E-state index in [-0.39, 0.29) is 10.8 Å². The maximum atomic E-state index is 15.0. The standard InChI is InChI=1S/C30H35ClFN5O2S/c1-20(2)35-10-12-36(13-11-35)28-15-22(18-33-30(28)40-5)25-17-23(32)16-24(29(25)39)21-6-7-27(26(31)14-21)37(19-38)9-8-34(3)4/h6-9,14-20,39H,10-13H2,1-5H3/b9-8-. The first-order valence-electron chi connectivity index (χ1n) is 13.1. The number of phenols is 1. The number of hydrogen-bond donors (Lipinski definition) is 1. The van der Waals surface area contributed by atoms with Gasteiger partial charge < -0.3 is 14.9 Å². The fourth-order valence-corrected chi connectivity index (χ4v) is 5.58. The summed E-state index contributed by atoms with van der Waals surface area (Å²) in [6, 6.07) is 10.1. The molecule has 0 radical (unpaired) electrons. The lowest BCUT2D eigenvalue weighted by Crippen LogP contribution is -2.49. The van der Waals surface area contributed by atoms with Gasteiger partial charge in [0, 0.05) is 81.6 Å². The van der Waals surface area contributed by atoms with E-state index in [1.807, 2.05) is 26.4 Å². The van der Waals surface area contributed by atoms with Crippen LogP contribution >= 0.6 is 23.4 Å². The van der Waals surface area contributed by atoms with Crippen LogP contribution in [0.4, 0.5) is 15.8 Å². The molecule has 4 rings (SSSR count). The summed E-state index contributed by atoms with van der Waals surface area (Å²) >= 11 is 8.11. The molecule has 1 fully saturated rings. The Morgan fingerprint density at radius 1 is 1.05 bits per heavy atom. The van der Waals surface area contributed by atoms with Crippen LogP contribution in [0.15, 0.2) is 60.0 Å². The highest BCUT2D eigenvalue weighted by atomic mass is 35.5. The van der Waals surface area contributed by atoms with Gasteiger partial charge in [-0.1, -0.05) is 17.7 Å². The van der Waals surface area contributed by atoms with Crippen LogP contribution < -0.4 is 9.80 Å². The summed E-state index contributed by atoms with van der Waals surface area (Å²) in [5, 5.41) is 12.5. The first-order valence-corrected chi connectivity index (χ1v) is 14.7. The molecule has 40 heavy (non-hydrogen) atoms. The molecule has 2 heterocycles. The summed E-state index contributed by atoms with van der Waals surface area (Å²) in [4.78, 5) is 24.2. The van der Waals surface area contributed by atoms with Crippen molar-refractivity contribution in [1.82, 2.24) is 14.8 Å². The normalized spacial score (nSPS) is 14.2. The zero-order valence-electron chi connectivity index (χ0n) is 23.4. The smallest absolute Gasteiger partial charge is 0.218 e. The number of aromatic hydroxyl groups is 1. The lowest BCUT2D eigenvalue weighted by molar-refractivity contribution is -0.106. The molecule has 0 spiro atoms. The molecule has 7 nitrogen and oxygen atoms in total. The quantitative estimate of drug-likeness (QED) is 0.239. The van der Waals surface area contributed by atoms with Crippen molar-refractivity contribution in [1.29, 1.82) is 0 Å². The molecule has 212 valence electrons. The third-order valence-electron chi connectivity index (χ3n) is 6.97. The molecule has 1 aliphatic rings. The van der Waals surface area contributed by atoms with Gasteiger partial charge in [-0.25, -0.2) is 9.37 Å². The van der Waals surface area contributed by atoms with Crippen molar-refractivity contribution in [2.45, 2.75) is 24.9 Å². The Balaban J connectivity index is 1.70. The summed E-state index contributed by atoms with van der Waals surface area (Å²) in [7, 11) is 3.68. The highest BCUT2D eigenvalue weighted by Gasteiger charge is 2.23. The van der Waals surface area contributed by atoms with Crippen molar-refractivity contribution in [3.05, 3.63) is 65.8 Å². The van der Waals surface area contributed by atoms with Crippen molar-refractivity contribution in [2.24, 2.45) is 0 Å². The monoisotopic (exact) mass is 583 g/mol. The molecule has 10 heteroatoms. The van der Waals surface area contributed by atoms with Gasteiger partial charge in [0.15, 0.2) is 0 Å². The summed E-state index contributed by atoms with van der Waals surface area (Å²) in [5.74, 6) is -0.563. The van der Waals surface area contributed by atoms with Gasteiger partial charge in [-0.05, 0) is 56.0 Å². The molecule has 1 N–H and O–H groups in total. The van der Waals surface area contributed by atoms with Crippen LogP contribution in [-0.4, -0.2) is 78.9 Å². The number of carbonyl (C=O) groups excluding carboxylic acids is 1. The number of thioether (sulfide) groups is 1. The van der Waals surface area contributed by atoms with E-state index in [0.717, 1.165) is 36.9 Å². The lowest BCUT2D eigenvalue weighted by atomic mass is 9.97. The van der Waals surface area contributed by atoms with Crippen molar-refractivity contribution in [2.75, 3.05) is 56.3 Å². The minimum atomic E-state index is -0.493. The number of phenolic OH excluding ortho intramolecular Hbond substituents is 1. The second-order valence-electron chi connectivity index (χ2n) is 10.2. The molecular weight excluding hydrogens is 549 g/mol. The molecule has 1 aromatic heterocycles. The minimum absolute atomic E-state index is 0.0701. The Hall–Kier alpha value is -3.27. The van der Waals surface area contributed by atoms with Gasteiger partial charge in [0.05, 0.1) is 16.4 Å². The molecule has 3 aromatic rings. The van der Waals surface area contributed by atoms with Crippen molar-refractivity contribution in [3.63, 3.8) is 0 Å². The van der Waals surface area contributed by atoms with Gasteiger partial charge in [-0.3, -0.25) is 14.6 Å². The number of anilines is 2. The van der Waals surface area contributed by atoms with E-state index in [4.69, 9.17) is 11.6 Å². The number of aromatic nitrogens is 1. The molecule has 0 bridgehead atoms. The van der Waals surface area contributed by atoms with Crippen LogP contribution in [0.2, 0.25) is 5.02 Å². The maximum Gasteiger partial charge on any atom is 0.218 e. The van der Waals surface area contributed by atoms with Crippen LogP contribution in [0.3, 0.4) is 0 Å². The van der Waals surface area contributed by atoms with Crippen molar-refractivity contribution < 1.29 is 14.3 Å². The van der Waals surface area contributed by atoms with Crippen molar-refractivity contribution >= 4 is 41.1 Å². The van der Waals surface area contributed by atoms with E-state index in [1.54, 1.807) is 53.5 Å². The SMILES string of the molecule is CSc1ncc(-c2cc(F)cc(-c3ccc(N(C=O)/C=C\N(C)C)c(Cl)c3)c2O)cc1N1CCN(C(C)C)CC1. The number of nitrogens with zero attached hydrogens (tertiary/aromatic N) is 5. The molecule has 1 saturated heterocycles. The average molecular weight is 584 g/mol. The van der Waals surface area contributed by atoms with E-state index >= 15 is 0 Å². The fraction of sp³-hybridized carbons (Fsp3) is 0.333. The lowest BCUT2D eigenvalue weighted by Gasteiger charge is -2.38. The number of piperazine rings is 1. The molecule has 1 aliphatic heterocycles. The largest absolute Gasteiger partial charge is 0.507 e. The molecule has 0 atom stereocenters. The second kappa shape index (κ2) is 12.9. The van der Waals surface area contributed by atoms with Gasteiger partial charge in [0.1, 0.15) is 16.6 Å². The van der Waals surface area contributed by atoms with Crippen LogP contribution in [0.25, 0.3) is 22.3 Å². The zero-order chi connectivity index (χ0) is 29.0. The molecule has 0 aliphatic carbocycles. The van der Waals surface area contributed by atoms with Gasteiger partial charge in [-0.2, -0.15) is 0 Å². The maximum absolute atomic E-state index is 15.0. The molecular formula is C30H35ClFN5O2S. The molecule has 2 aromatic carbocycles. The van der Waals surface area contributed by atoms with E-state index in [9.17, 15) is 14.3 Å². The van der Waals surface area contributed by atoms with Crippen LogP contribution in [-0.2, 0) is 4.79 Å². The highest BCUT2D eigenvalue weighted by molar-refractivity contribution is 7.98. The Bertz CT molecular complexity index is 1390. The third kappa shape index (κ3) is 6.54. The number of carbonyl (C=O) groups is 1. The minimum Gasteiger partial charge on any atom is -0.507 e. The molecule has 0 unspecified atom stereocenters. The van der Waals surface area contributed by atoms with E-state index < -0.39 is 5.82 Å². The predicted molar refractivity (Wildman–Crippen MR) is 164 cm³/mol. The van der Waals surface area contributed by atoms with Gasteiger partial charge in [-0.15, -0.1) is 11.8 Å². The summed E-state index contributed by atoms with van der Waals surface area (Å²) in [6.07, 6.45) is 7.63. The number of benzene rings is 2. The van der Waals surface area contributed by atoms with E-state index in [0.29, 0.717) is 40.4 Å². The number of hydrogen-bond acceptors (Lipinski definition) is 7. The summed E-state index contributed by atoms with van der Waals surface area (Å²) < 4.78 is 15.0. The van der Waals surface area contributed by atoms with Crippen LogP contribution in [0.1, 0.15) is 13.8 Å². The average Bonchev–Trinajstić information content (AvgIpc) is 2.94. The zero-order valence-corrected chi connectivity index (χ0v) is 25.0. The topological polar surface area (TPSA) is 63.2 Å². The first kappa shape index (κ1) is 29.7. The fourth-order valence-electron chi connectivity index (χ4n) is 4.75. The number of rotatable bonds is 9. The molecule has 0 saturated carbocycles. The summed E-state index contributed by atoms with van der Waals surface area (Å²) in [6.45, 7) is 8.05. The Labute approximate surface area is 244 Å². The summed E-state index contributed by atoms with van der Waals surface area (Å²) in [5.41, 5.74) is 3.24. The van der Waals surface area contributed by atoms with Gasteiger partial charge in [0.2, 0.25) is 6.41 Å². The van der Waals surface area contributed by atoms with E-state index in [2.05, 4.69) is 28.6 Å². The Morgan fingerprint density at radius 2 is 1.73 bits per heavy atom. The van der Waals surface area contributed by atoms with Gasteiger partial charge >= 0.3 is 0 Å². The van der Waals surface area contributed by atoms with Crippen LogP contribution in [0.5, 0.6) is 5.75 Å². The number of amides is 1. The highest BCUT2D eigenvalue weighted by Crippen LogP contribution is 2.42.